The van der Waals surface area contributed by atoms with Crippen molar-refractivity contribution in [1.82, 2.24) is 4.90 Å². The molecule has 0 unspecified atom stereocenters. The molecule has 1 heterocycles. The van der Waals surface area contributed by atoms with Crippen molar-refractivity contribution in [3.05, 3.63) is 0 Å². The number of carbonyl (C=O) groups excluding carboxylic acids is 1. The van der Waals surface area contributed by atoms with Crippen LogP contribution in [0, 0.1) is 5.41 Å². The van der Waals surface area contributed by atoms with E-state index in [-0.39, 0.29) is 17.4 Å². The van der Waals surface area contributed by atoms with E-state index >= 15 is 0 Å². The summed E-state index contributed by atoms with van der Waals surface area (Å²) in [6.45, 7) is 3.39. The molecule has 2 fully saturated rings. The topological polar surface area (TPSA) is 40.5 Å². The van der Waals surface area contributed by atoms with Gasteiger partial charge in [0.15, 0.2) is 0 Å². The quantitative estimate of drug-likeness (QED) is 0.715. The number of aliphatic hydroxyl groups excluding tert-OH is 1. The van der Waals surface area contributed by atoms with Gasteiger partial charge in [0.2, 0.25) is 5.91 Å². The molecule has 0 spiro atoms. The summed E-state index contributed by atoms with van der Waals surface area (Å²) in [6.07, 6.45) is 6.14. The highest BCUT2D eigenvalue weighted by Gasteiger charge is 2.39. The Kier molecular flexibility index (Phi) is 3.01. The maximum absolute atomic E-state index is 12.3. The fraction of sp³-hybridized carbons (Fsp3) is 0.917. The summed E-state index contributed by atoms with van der Waals surface area (Å²) in [5.74, 6) is 0.277. The Hall–Kier alpha value is -0.570. The van der Waals surface area contributed by atoms with Gasteiger partial charge in [0, 0.05) is 18.5 Å². The van der Waals surface area contributed by atoms with Crippen molar-refractivity contribution in [1.29, 1.82) is 0 Å². The van der Waals surface area contributed by atoms with Crippen molar-refractivity contribution in [3.63, 3.8) is 0 Å². The number of likely N-dealkylation sites (tertiary alicyclic amines) is 1. The second-order valence-electron chi connectivity index (χ2n) is 5.31. The Balaban J connectivity index is 1.99. The second kappa shape index (κ2) is 4.12. The van der Waals surface area contributed by atoms with Crippen LogP contribution in [-0.4, -0.2) is 35.1 Å². The standard InChI is InChI=1S/C12H21NO2/c1-12(6-3-2-4-7-12)11(15)13-8-5-10(14)9-13/h10,14H,2-9H2,1H3/t10-/m1/s1. The fourth-order valence-corrected chi connectivity index (χ4v) is 2.85. The molecule has 0 aromatic carbocycles. The summed E-state index contributed by atoms with van der Waals surface area (Å²) in [7, 11) is 0. The van der Waals surface area contributed by atoms with Crippen LogP contribution < -0.4 is 0 Å². The van der Waals surface area contributed by atoms with Crippen molar-refractivity contribution in [3.8, 4) is 0 Å². The molecule has 15 heavy (non-hydrogen) atoms. The van der Waals surface area contributed by atoms with Crippen LogP contribution in [0.3, 0.4) is 0 Å². The molecule has 1 saturated carbocycles. The van der Waals surface area contributed by atoms with Gasteiger partial charge in [-0.2, -0.15) is 0 Å². The Morgan fingerprint density at radius 3 is 2.53 bits per heavy atom. The highest BCUT2D eigenvalue weighted by Crippen LogP contribution is 2.38. The van der Waals surface area contributed by atoms with E-state index in [0.717, 1.165) is 25.8 Å². The van der Waals surface area contributed by atoms with Crippen LogP contribution in [-0.2, 0) is 4.79 Å². The molecule has 1 saturated heterocycles. The average Bonchev–Trinajstić information content (AvgIpc) is 2.65. The van der Waals surface area contributed by atoms with Gasteiger partial charge in [0.05, 0.1) is 6.10 Å². The van der Waals surface area contributed by atoms with Gasteiger partial charge in [-0.15, -0.1) is 0 Å². The van der Waals surface area contributed by atoms with E-state index in [9.17, 15) is 9.90 Å². The lowest BCUT2D eigenvalue weighted by atomic mass is 9.75. The molecule has 1 amide bonds. The fourth-order valence-electron chi connectivity index (χ4n) is 2.85. The second-order valence-corrected chi connectivity index (χ2v) is 5.31. The molecule has 0 bridgehead atoms. The third-order valence-electron chi connectivity index (χ3n) is 3.92. The van der Waals surface area contributed by atoms with Crippen molar-refractivity contribution in [2.24, 2.45) is 5.41 Å². The van der Waals surface area contributed by atoms with Gasteiger partial charge < -0.3 is 10.0 Å². The van der Waals surface area contributed by atoms with E-state index in [0.29, 0.717) is 6.54 Å². The highest BCUT2D eigenvalue weighted by molar-refractivity contribution is 5.82. The molecular weight excluding hydrogens is 190 g/mol. The van der Waals surface area contributed by atoms with Crippen LogP contribution in [0.15, 0.2) is 0 Å². The minimum atomic E-state index is -0.291. The number of amides is 1. The van der Waals surface area contributed by atoms with Crippen LogP contribution in [0.4, 0.5) is 0 Å². The van der Waals surface area contributed by atoms with E-state index < -0.39 is 0 Å². The van der Waals surface area contributed by atoms with Gasteiger partial charge in [-0.25, -0.2) is 0 Å². The Labute approximate surface area is 91.5 Å². The highest BCUT2D eigenvalue weighted by atomic mass is 16.3. The number of carbonyl (C=O) groups is 1. The molecule has 2 aliphatic rings. The molecular formula is C12H21NO2. The molecule has 2 rings (SSSR count). The molecule has 3 heteroatoms. The predicted molar refractivity (Wildman–Crippen MR) is 58.4 cm³/mol. The Morgan fingerprint density at radius 1 is 1.33 bits per heavy atom. The van der Waals surface area contributed by atoms with Crippen molar-refractivity contribution < 1.29 is 9.90 Å². The van der Waals surface area contributed by atoms with Crippen molar-refractivity contribution in [2.75, 3.05) is 13.1 Å². The lowest BCUT2D eigenvalue weighted by molar-refractivity contribution is -0.142. The number of hydrogen-bond donors (Lipinski definition) is 1. The molecule has 86 valence electrons. The normalized spacial score (nSPS) is 30.5. The summed E-state index contributed by atoms with van der Waals surface area (Å²) in [5.41, 5.74) is -0.137. The maximum Gasteiger partial charge on any atom is 0.228 e. The molecule has 0 radical (unpaired) electrons. The summed E-state index contributed by atoms with van der Waals surface area (Å²) in [6, 6.07) is 0. The smallest absolute Gasteiger partial charge is 0.228 e. The molecule has 0 aromatic rings. The number of aliphatic hydroxyl groups is 1. The van der Waals surface area contributed by atoms with E-state index in [1.807, 2.05) is 4.90 Å². The molecule has 1 aliphatic carbocycles. The van der Waals surface area contributed by atoms with Gasteiger partial charge in [-0.05, 0) is 19.3 Å². The Bertz CT molecular complexity index is 246. The first-order chi connectivity index (χ1) is 7.12. The molecule has 1 atom stereocenters. The van der Waals surface area contributed by atoms with Crippen LogP contribution in [0.25, 0.3) is 0 Å². The van der Waals surface area contributed by atoms with E-state index in [1.54, 1.807) is 0 Å². The SMILES string of the molecule is CC1(C(=O)N2CC[C@@H](O)C2)CCCCC1. The monoisotopic (exact) mass is 211 g/mol. The van der Waals surface area contributed by atoms with Crippen LogP contribution in [0.2, 0.25) is 0 Å². The molecule has 3 nitrogen and oxygen atoms in total. The van der Waals surface area contributed by atoms with E-state index in [2.05, 4.69) is 6.92 Å². The van der Waals surface area contributed by atoms with Gasteiger partial charge in [-0.1, -0.05) is 26.2 Å². The summed E-state index contributed by atoms with van der Waals surface area (Å²) in [4.78, 5) is 14.1. The largest absolute Gasteiger partial charge is 0.391 e. The van der Waals surface area contributed by atoms with E-state index in [4.69, 9.17) is 0 Å². The zero-order valence-corrected chi connectivity index (χ0v) is 9.54. The van der Waals surface area contributed by atoms with Gasteiger partial charge >= 0.3 is 0 Å². The molecule has 1 N–H and O–H groups in total. The average molecular weight is 211 g/mol. The molecule has 0 aromatic heterocycles. The van der Waals surface area contributed by atoms with Crippen LogP contribution >= 0.6 is 0 Å². The first kappa shape index (κ1) is 10.9. The van der Waals surface area contributed by atoms with Gasteiger partial charge in [0.1, 0.15) is 0 Å². The lowest BCUT2D eigenvalue weighted by Gasteiger charge is -2.35. The number of rotatable bonds is 1. The lowest BCUT2D eigenvalue weighted by Crippen LogP contribution is -2.42. The van der Waals surface area contributed by atoms with Crippen LogP contribution in [0.5, 0.6) is 0 Å². The van der Waals surface area contributed by atoms with E-state index in [1.165, 1.54) is 19.3 Å². The third kappa shape index (κ3) is 2.17. The minimum Gasteiger partial charge on any atom is -0.391 e. The van der Waals surface area contributed by atoms with Crippen molar-refractivity contribution >= 4 is 5.91 Å². The summed E-state index contributed by atoms with van der Waals surface area (Å²) >= 11 is 0. The first-order valence-corrected chi connectivity index (χ1v) is 6.09. The summed E-state index contributed by atoms with van der Waals surface area (Å²) in [5, 5.41) is 9.44. The third-order valence-corrected chi connectivity index (χ3v) is 3.92. The van der Waals surface area contributed by atoms with Gasteiger partial charge in [-0.3, -0.25) is 4.79 Å². The zero-order valence-electron chi connectivity index (χ0n) is 9.54. The first-order valence-electron chi connectivity index (χ1n) is 6.09. The predicted octanol–water partition coefficient (Wildman–Crippen LogP) is 1.55. The number of hydrogen-bond acceptors (Lipinski definition) is 2. The molecule has 1 aliphatic heterocycles. The number of nitrogens with zero attached hydrogens (tertiary/aromatic N) is 1. The van der Waals surface area contributed by atoms with Gasteiger partial charge in [0.25, 0.3) is 0 Å². The maximum atomic E-state index is 12.3. The van der Waals surface area contributed by atoms with Crippen molar-refractivity contribution in [2.45, 2.75) is 51.6 Å². The minimum absolute atomic E-state index is 0.137. The van der Waals surface area contributed by atoms with Crippen LogP contribution in [0.1, 0.15) is 45.4 Å². The summed E-state index contributed by atoms with van der Waals surface area (Å²) < 4.78 is 0. The Morgan fingerprint density at radius 2 is 2.00 bits per heavy atom. The number of β-amino-alcohol motifs (C(OH)–C–C–N with tert-alkyl or cyclic N) is 1. The zero-order chi connectivity index (χ0) is 10.9.